The molecule has 1 heterocycles. The van der Waals surface area contributed by atoms with Crippen molar-refractivity contribution in [3.63, 3.8) is 0 Å². The van der Waals surface area contributed by atoms with Crippen LogP contribution in [0.3, 0.4) is 0 Å². The number of tetrazole rings is 1. The summed E-state index contributed by atoms with van der Waals surface area (Å²) in [6.45, 7) is 1.68. The maximum Gasteiger partial charge on any atom is 0.188 e. The molecule has 1 aromatic heterocycles. The number of aromatic nitrogens is 4. The van der Waals surface area contributed by atoms with Gasteiger partial charge in [0.05, 0.1) is 10.7 Å². The number of nitrogens with zero attached hydrogens (tertiary/aromatic N) is 4. The smallest absolute Gasteiger partial charge is 0.188 e. The molecule has 0 amide bonds. The van der Waals surface area contributed by atoms with Gasteiger partial charge in [0.15, 0.2) is 5.82 Å². The van der Waals surface area contributed by atoms with Crippen LogP contribution in [0.15, 0.2) is 36.4 Å². The number of rotatable bonds is 2. The molecule has 0 saturated carbocycles. The summed E-state index contributed by atoms with van der Waals surface area (Å²) in [4.78, 5) is 0. The number of hydrogen-bond donors (Lipinski definition) is 1. The van der Waals surface area contributed by atoms with E-state index in [4.69, 9.17) is 17.3 Å². The van der Waals surface area contributed by atoms with Gasteiger partial charge in [-0.3, -0.25) is 0 Å². The molecule has 2 aromatic carbocycles. The van der Waals surface area contributed by atoms with Crippen molar-refractivity contribution in [2.45, 2.75) is 6.92 Å². The molecule has 3 aromatic rings. The van der Waals surface area contributed by atoms with Gasteiger partial charge in [0.1, 0.15) is 5.82 Å². The van der Waals surface area contributed by atoms with Crippen molar-refractivity contribution < 1.29 is 4.39 Å². The molecule has 0 fully saturated rings. The molecule has 0 unspecified atom stereocenters. The van der Waals surface area contributed by atoms with Crippen LogP contribution in [0.25, 0.3) is 17.1 Å². The van der Waals surface area contributed by atoms with Gasteiger partial charge in [-0.05, 0) is 59.3 Å². The van der Waals surface area contributed by atoms with Crippen molar-refractivity contribution in [3.8, 4) is 17.1 Å². The third-order valence-electron chi connectivity index (χ3n) is 3.09. The van der Waals surface area contributed by atoms with Crippen LogP contribution in [0.1, 0.15) is 5.56 Å². The largest absolute Gasteiger partial charge is 0.399 e. The van der Waals surface area contributed by atoms with E-state index in [0.29, 0.717) is 33.3 Å². The molecule has 0 spiro atoms. The van der Waals surface area contributed by atoms with Gasteiger partial charge in [0, 0.05) is 11.3 Å². The Morgan fingerprint density at radius 3 is 2.76 bits per heavy atom. The van der Waals surface area contributed by atoms with Crippen LogP contribution in [0.5, 0.6) is 0 Å². The Kier molecular flexibility index (Phi) is 3.31. The highest BCUT2D eigenvalue weighted by molar-refractivity contribution is 6.33. The van der Waals surface area contributed by atoms with E-state index in [1.165, 1.54) is 10.7 Å². The summed E-state index contributed by atoms with van der Waals surface area (Å²) in [5, 5.41) is 12.1. The third-order valence-corrected chi connectivity index (χ3v) is 3.42. The minimum Gasteiger partial charge on any atom is -0.399 e. The summed E-state index contributed by atoms with van der Waals surface area (Å²) >= 11 is 6.18. The fourth-order valence-corrected chi connectivity index (χ4v) is 2.21. The van der Waals surface area contributed by atoms with Crippen molar-refractivity contribution in [2.24, 2.45) is 0 Å². The van der Waals surface area contributed by atoms with Crippen LogP contribution in [0.4, 0.5) is 10.1 Å². The predicted molar refractivity (Wildman–Crippen MR) is 78.7 cm³/mol. The van der Waals surface area contributed by atoms with Crippen molar-refractivity contribution in [3.05, 3.63) is 52.8 Å². The number of nitrogens with two attached hydrogens (primary N) is 1. The van der Waals surface area contributed by atoms with Crippen molar-refractivity contribution in [1.29, 1.82) is 0 Å². The molecular weight excluding hydrogens is 293 g/mol. The van der Waals surface area contributed by atoms with Crippen LogP contribution in [0.2, 0.25) is 5.02 Å². The number of benzene rings is 2. The summed E-state index contributed by atoms with van der Waals surface area (Å²) in [6, 6.07) is 9.71. The Morgan fingerprint density at radius 2 is 2.00 bits per heavy atom. The zero-order chi connectivity index (χ0) is 15.0. The lowest BCUT2D eigenvalue weighted by atomic mass is 10.1. The van der Waals surface area contributed by atoms with Crippen LogP contribution < -0.4 is 5.73 Å². The lowest BCUT2D eigenvalue weighted by Crippen LogP contribution is -2.01. The number of anilines is 1. The summed E-state index contributed by atoms with van der Waals surface area (Å²) in [7, 11) is 0. The molecule has 0 aliphatic rings. The first-order chi connectivity index (χ1) is 10.1. The molecule has 0 saturated heterocycles. The minimum absolute atomic E-state index is 0.282. The monoisotopic (exact) mass is 303 g/mol. The topological polar surface area (TPSA) is 69.6 Å². The molecular formula is C14H11ClFN5. The Morgan fingerprint density at radius 1 is 1.19 bits per heavy atom. The van der Waals surface area contributed by atoms with Gasteiger partial charge in [0.2, 0.25) is 0 Å². The second-order valence-electron chi connectivity index (χ2n) is 4.59. The molecule has 0 atom stereocenters. The van der Waals surface area contributed by atoms with E-state index in [-0.39, 0.29) is 5.82 Å². The van der Waals surface area contributed by atoms with E-state index in [1.807, 2.05) is 0 Å². The average molecular weight is 304 g/mol. The molecule has 21 heavy (non-hydrogen) atoms. The van der Waals surface area contributed by atoms with Gasteiger partial charge in [-0.1, -0.05) is 11.6 Å². The van der Waals surface area contributed by atoms with Crippen LogP contribution >= 0.6 is 11.6 Å². The molecule has 0 aliphatic heterocycles. The number of hydrogen-bond acceptors (Lipinski definition) is 4. The standard InChI is InChI=1S/C14H11ClFN5/c1-8-6-10(3-5-13(8)16)21-14(18-19-20-21)11-7-9(17)2-4-12(11)15/h2-7H,17H2,1H3. The molecule has 3 rings (SSSR count). The van der Waals surface area contributed by atoms with Gasteiger partial charge in [-0.15, -0.1) is 5.10 Å². The van der Waals surface area contributed by atoms with Crippen molar-refractivity contribution in [2.75, 3.05) is 5.73 Å². The molecule has 0 bridgehead atoms. The molecule has 7 heteroatoms. The van der Waals surface area contributed by atoms with E-state index in [1.54, 1.807) is 37.3 Å². The van der Waals surface area contributed by atoms with E-state index in [9.17, 15) is 4.39 Å². The predicted octanol–water partition coefficient (Wildman–Crippen LogP) is 3.01. The summed E-state index contributed by atoms with van der Waals surface area (Å²) in [5.74, 6) is 0.161. The second kappa shape index (κ2) is 5.14. The zero-order valence-corrected chi connectivity index (χ0v) is 11.8. The third kappa shape index (κ3) is 2.45. The van der Waals surface area contributed by atoms with Crippen molar-refractivity contribution in [1.82, 2.24) is 20.2 Å². The van der Waals surface area contributed by atoms with Crippen LogP contribution in [-0.2, 0) is 0 Å². The molecule has 0 radical (unpaired) electrons. The fourth-order valence-electron chi connectivity index (χ4n) is 2.00. The first-order valence-corrected chi connectivity index (χ1v) is 6.54. The van der Waals surface area contributed by atoms with E-state index in [2.05, 4.69) is 15.5 Å². The van der Waals surface area contributed by atoms with Gasteiger partial charge in [0.25, 0.3) is 0 Å². The zero-order valence-electron chi connectivity index (χ0n) is 11.1. The summed E-state index contributed by atoms with van der Waals surface area (Å²) in [5.41, 5.74) is 8.10. The number of aryl methyl sites for hydroxylation is 1. The molecule has 2 N–H and O–H groups in total. The molecule has 106 valence electrons. The quantitative estimate of drug-likeness (QED) is 0.739. The Balaban J connectivity index is 2.17. The fraction of sp³-hybridized carbons (Fsp3) is 0.0714. The van der Waals surface area contributed by atoms with Gasteiger partial charge >= 0.3 is 0 Å². The highest BCUT2D eigenvalue weighted by Crippen LogP contribution is 2.29. The van der Waals surface area contributed by atoms with E-state index < -0.39 is 0 Å². The normalized spacial score (nSPS) is 10.8. The Labute approximate surface area is 125 Å². The number of halogens is 2. The van der Waals surface area contributed by atoms with E-state index >= 15 is 0 Å². The minimum atomic E-state index is -0.282. The summed E-state index contributed by atoms with van der Waals surface area (Å²) in [6.07, 6.45) is 0. The first kappa shape index (κ1) is 13.5. The summed E-state index contributed by atoms with van der Waals surface area (Å²) < 4.78 is 14.9. The lowest BCUT2D eigenvalue weighted by Gasteiger charge is -2.08. The highest BCUT2D eigenvalue weighted by Gasteiger charge is 2.15. The average Bonchev–Trinajstić information content (AvgIpc) is 2.93. The Bertz CT molecular complexity index is 815. The SMILES string of the molecule is Cc1cc(-n2nnnc2-c2cc(N)ccc2Cl)ccc1F. The molecule has 0 aliphatic carbocycles. The van der Waals surface area contributed by atoms with Crippen LogP contribution in [-0.4, -0.2) is 20.2 Å². The van der Waals surface area contributed by atoms with Gasteiger partial charge in [-0.2, -0.15) is 4.68 Å². The number of nitrogen functional groups attached to an aromatic ring is 1. The van der Waals surface area contributed by atoms with Gasteiger partial charge < -0.3 is 5.73 Å². The first-order valence-electron chi connectivity index (χ1n) is 6.16. The molecule has 5 nitrogen and oxygen atoms in total. The van der Waals surface area contributed by atoms with E-state index in [0.717, 1.165) is 0 Å². The maximum absolute atomic E-state index is 13.4. The highest BCUT2D eigenvalue weighted by atomic mass is 35.5. The van der Waals surface area contributed by atoms with Crippen LogP contribution in [0, 0.1) is 12.7 Å². The van der Waals surface area contributed by atoms with Crippen molar-refractivity contribution >= 4 is 17.3 Å². The lowest BCUT2D eigenvalue weighted by molar-refractivity contribution is 0.617. The van der Waals surface area contributed by atoms with Gasteiger partial charge in [-0.25, -0.2) is 4.39 Å². The maximum atomic E-state index is 13.4. The Hall–Kier alpha value is -2.47. The second-order valence-corrected chi connectivity index (χ2v) is 4.99.